The van der Waals surface area contributed by atoms with Crippen LogP contribution in [0.1, 0.15) is 32.1 Å². The lowest BCUT2D eigenvalue weighted by Crippen LogP contribution is -2.35. The Kier molecular flexibility index (Phi) is 5.84. The summed E-state index contributed by atoms with van der Waals surface area (Å²) in [4.78, 5) is 11.2. The Labute approximate surface area is 132 Å². The van der Waals surface area contributed by atoms with Crippen LogP contribution in [0.5, 0.6) is 5.75 Å². The molecule has 2 aliphatic heterocycles. The topological polar surface area (TPSA) is 62.3 Å². The third-order valence-corrected chi connectivity index (χ3v) is 4.39. The van der Waals surface area contributed by atoms with Gasteiger partial charge in [0.15, 0.2) is 5.75 Å². The van der Waals surface area contributed by atoms with Gasteiger partial charge >= 0.3 is 0 Å². The van der Waals surface area contributed by atoms with Gasteiger partial charge in [-0.1, -0.05) is 0 Å². The minimum atomic E-state index is 0.480. The van der Waals surface area contributed by atoms with Gasteiger partial charge in [0.1, 0.15) is 0 Å². The fourth-order valence-electron chi connectivity index (χ4n) is 3.10. The van der Waals surface area contributed by atoms with E-state index < -0.39 is 0 Å². The van der Waals surface area contributed by atoms with Gasteiger partial charge in [0.05, 0.1) is 19.0 Å². The van der Waals surface area contributed by atoms with Crippen molar-refractivity contribution in [1.29, 1.82) is 0 Å². The summed E-state index contributed by atoms with van der Waals surface area (Å²) in [6.45, 7) is 6.50. The number of nitrogens with zero attached hydrogens (tertiary/aromatic N) is 3. The van der Waals surface area contributed by atoms with Crippen molar-refractivity contribution in [2.45, 2.75) is 38.1 Å². The van der Waals surface area contributed by atoms with Gasteiger partial charge in [-0.05, 0) is 58.3 Å². The van der Waals surface area contributed by atoms with Crippen LogP contribution < -0.4 is 15.4 Å². The zero-order valence-electron chi connectivity index (χ0n) is 13.3. The van der Waals surface area contributed by atoms with Gasteiger partial charge < -0.3 is 20.3 Å². The van der Waals surface area contributed by atoms with Crippen LogP contribution >= 0.6 is 0 Å². The van der Waals surface area contributed by atoms with E-state index in [2.05, 4.69) is 25.5 Å². The highest BCUT2D eigenvalue weighted by molar-refractivity contribution is 5.28. The van der Waals surface area contributed by atoms with E-state index >= 15 is 0 Å². The molecule has 0 radical (unpaired) electrons. The van der Waals surface area contributed by atoms with Crippen molar-refractivity contribution >= 4 is 5.95 Å². The molecule has 0 bridgehead atoms. The zero-order chi connectivity index (χ0) is 15.0. The highest BCUT2D eigenvalue weighted by atomic mass is 16.5. The van der Waals surface area contributed by atoms with E-state index in [1.165, 1.54) is 25.9 Å². The molecule has 122 valence electrons. The van der Waals surface area contributed by atoms with Gasteiger partial charge in [-0.2, -0.15) is 0 Å². The summed E-state index contributed by atoms with van der Waals surface area (Å²) in [6, 6.07) is 0.480. The molecular formula is C16H27N5O. The molecule has 0 aliphatic carbocycles. The predicted molar refractivity (Wildman–Crippen MR) is 87.3 cm³/mol. The Morgan fingerprint density at radius 2 is 1.91 bits per heavy atom. The highest BCUT2D eigenvalue weighted by Crippen LogP contribution is 2.13. The lowest BCUT2D eigenvalue weighted by Gasteiger charge is -2.23. The first kappa shape index (κ1) is 15.5. The van der Waals surface area contributed by atoms with E-state index in [1.807, 2.05) is 0 Å². The molecule has 0 unspecified atom stereocenters. The second-order valence-corrected chi connectivity index (χ2v) is 6.16. The number of aromatic nitrogens is 2. The number of likely N-dealkylation sites (tertiary alicyclic amines) is 1. The summed E-state index contributed by atoms with van der Waals surface area (Å²) in [6.07, 6.45) is 9.55. The van der Waals surface area contributed by atoms with Gasteiger partial charge in [-0.3, -0.25) is 0 Å². The molecule has 6 nitrogen and oxygen atoms in total. The molecule has 1 aromatic rings. The van der Waals surface area contributed by atoms with E-state index in [0.717, 1.165) is 51.3 Å². The Morgan fingerprint density at radius 3 is 2.64 bits per heavy atom. The SMILES string of the molecule is c1nc(NC2CCNCC2)ncc1OCCCN1CCCC1. The van der Waals surface area contributed by atoms with Crippen LogP contribution in [-0.4, -0.2) is 60.2 Å². The summed E-state index contributed by atoms with van der Waals surface area (Å²) >= 11 is 0. The molecule has 6 heteroatoms. The van der Waals surface area contributed by atoms with E-state index in [0.29, 0.717) is 12.0 Å². The quantitative estimate of drug-likeness (QED) is 0.745. The van der Waals surface area contributed by atoms with Gasteiger partial charge in [-0.25, -0.2) is 9.97 Å². The molecule has 3 heterocycles. The Bertz CT molecular complexity index is 427. The molecule has 22 heavy (non-hydrogen) atoms. The van der Waals surface area contributed by atoms with Crippen molar-refractivity contribution in [3.05, 3.63) is 12.4 Å². The average molecular weight is 305 g/mol. The smallest absolute Gasteiger partial charge is 0.223 e. The largest absolute Gasteiger partial charge is 0.490 e. The zero-order valence-corrected chi connectivity index (χ0v) is 13.3. The predicted octanol–water partition coefficient (Wildman–Crippen LogP) is 1.51. The van der Waals surface area contributed by atoms with Crippen LogP contribution in [0.4, 0.5) is 5.95 Å². The van der Waals surface area contributed by atoms with E-state index in [4.69, 9.17) is 4.74 Å². The number of rotatable bonds is 7. The molecule has 3 rings (SSSR count). The number of nitrogens with one attached hydrogen (secondary N) is 2. The first-order valence-corrected chi connectivity index (χ1v) is 8.54. The van der Waals surface area contributed by atoms with Gasteiger partial charge in [0.25, 0.3) is 0 Å². The van der Waals surface area contributed by atoms with Crippen molar-refractivity contribution in [2.75, 3.05) is 44.6 Å². The second kappa shape index (κ2) is 8.29. The number of anilines is 1. The third kappa shape index (κ3) is 4.81. The molecule has 0 spiro atoms. The minimum absolute atomic E-state index is 0.480. The molecule has 2 fully saturated rings. The van der Waals surface area contributed by atoms with E-state index in [-0.39, 0.29) is 0 Å². The van der Waals surface area contributed by atoms with Crippen LogP contribution in [0.3, 0.4) is 0 Å². The van der Waals surface area contributed by atoms with Gasteiger partial charge in [0.2, 0.25) is 5.95 Å². The Balaban J connectivity index is 1.35. The first-order chi connectivity index (χ1) is 10.9. The highest BCUT2D eigenvalue weighted by Gasteiger charge is 2.13. The second-order valence-electron chi connectivity index (χ2n) is 6.16. The lowest BCUT2D eigenvalue weighted by atomic mass is 10.1. The first-order valence-electron chi connectivity index (χ1n) is 8.54. The third-order valence-electron chi connectivity index (χ3n) is 4.39. The minimum Gasteiger partial charge on any atom is -0.490 e. The number of hydrogen-bond donors (Lipinski definition) is 2. The van der Waals surface area contributed by atoms with Crippen LogP contribution in [0.15, 0.2) is 12.4 Å². The summed E-state index contributed by atoms with van der Waals surface area (Å²) in [7, 11) is 0. The molecule has 0 amide bonds. The molecular weight excluding hydrogens is 278 g/mol. The Morgan fingerprint density at radius 1 is 1.18 bits per heavy atom. The summed E-state index contributed by atoms with van der Waals surface area (Å²) in [5, 5.41) is 6.74. The molecule has 2 aliphatic rings. The van der Waals surface area contributed by atoms with Gasteiger partial charge in [-0.15, -0.1) is 0 Å². The lowest BCUT2D eigenvalue weighted by molar-refractivity contribution is 0.262. The molecule has 2 N–H and O–H groups in total. The van der Waals surface area contributed by atoms with Crippen LogP contribution in [-0.2, 0) is 0 Å². The summed E-state index contributed by atoms with van der Waals surface area (Å²) in [5.74, 6) is 1.47. The number of piperidine rings is 1. The van der Waals surface area contributed by atoms with Crippen LogP contribution in [0, 0.1) is 0 Å². The van der Waals surface area contributed by atoms with Crippen LogP contribution in [0.2, 0.25) is 0 Å². The molecule has 0 atom stereocenters. The maximum Gasteiger partial charge on any atom is 0.223 e. The standard InChI is InChI=1S/C16H27N5O/c1-2-9-21(8-1)10-3-11-22-15-12-18-16(19-13-15)20-14-4-6-17-7-5-14/h12-14,17H,1-11H2,(H,18,19,20). The Hall–Kier alpha value is -1.40. The van der Waals surface area contributed by atoms with Crippen molar-refractivity contribution in [2.24, 2.45) is 0 Å². The van der Waals surface area contributed by atoms with Gasteiger partial charge in [0, 0.05) is 12.6 Å². The van der Waals surface area contributed by atoms with Crippen molar-refractivity contribution < 1.29 is 4.74 Å². The molecule has 0 aromatic carbocycles. The maximum absolute atomic E-state index is 5.72. The van der Waals surface area contributed by atoms with Crippen LogP contribution in [0.25, 0.3) is 0 Å². The fourth-order valence-corrected chi connectivity index (χ4v) is 3.10. The molecule has 2 saturated heterocycles. The average Bonchev–Trinajstić information content (AvgIpc) is 3.07. The van der Waals surface area contributed by atoms with Crippen molar-refractivity contribution in [3.63, 3.8) is 0 Å². The van der Waals surface area contributed by atoms with E-state index in [1.54, 1.807) is 12.4 Å². The monoisotopic (exact) mass is 305 g/mol. The molecule has 0 saturated carbocycles. The molecule has 1 aromatic heterocycles. The maximum atomic E-state index is 5.72. The summed E-state index contributed by atoms with van der Waals surface area (Å²) < 4.78 is 5.72. The number of ether oxygens (including phenoxy) is 1. The normalized spacial score (nSPS) is 20.2. The fraction of sp³-hybridized carbons (Fsp3) is 0.750. The number of hydrogen-bond acceptors (Lipinski definition) is 6. The van der Waals surface area contributed by atoms with Crippen molar-refractivity contribution in [1.82, 2.24) is 20.2 Å². The van der Waals surface area contributed by atoms with Crippen molar-refractivity contribution in [3.8, 4) is 5.75 Å². The summed E-state index contributed by atoms with van der Waals surface area (Å²) in [5.41, 5.74) is 0. The van der Waals surface area contributed by atoms with E-state index in [9.17, 15) is 0 Å².